The summed E-state index contributed by atoms with van der Waals surface area (Å²) >= 11 is 0. The molecule has 0 N–H and O–H groups in total. The molecule has 3 rings (SSSR count). The Labute approximate surface area is 131 Å². The van der Waals surface area contributed by atoms with Crippen molar-refractivity contribution < 1.29 is 14.3 Å². The number of carbonyl (C=O) groups is 1. The third kappa shape index (κ3) is 2.88. The molecule has 0 saturated heterocycles. The number of nitrogens with zero attached hydrogens (tertiary/aromatic N) is 2. The molecule has 1 fully saturated rings. The van der Waals surface area contributed by atoms with Gasteiger partial charge in [0.1, 0.15) is 0 Å². The van der Waals surface area contributed by atoms with Crippen LogP contribution in [0, 0.1) is 0 Å². The number of aromatic nitrogens is 1. The first-order valence-electron chi connectivity index (χ1n) is 7.94. The molecular formula is C17H24N2O3. The van der Waals surface area contributed by atoms with Crippen molar-refractivity contribution in [2.45, 2.75) is 50.9 Å². The van der Waals surface area contributed by atoms with Crippen molar-refractivity contribution in [3.8, 4) is 0 Å². The predicted molar refractivity (Wildman–Crippen MR) is 82.3 cm³/mol. The van der Waals surface area contributed by atoms with E-state index < -0.39 is 0 Å². The fraction of sp³-hybridized carbons (Fsp3) is 0.647. The molecule has 22 heavy (non-hydrogen) atoms. The minimum absolute atomic E-state index is 0.198. The molecule has 1 amide bonds. The molecule has 1 aromatic rings. The lowest BCUT2D eigenvalue weighted by molar-refractivity contribution is -0.145. The maximum Gasteiger partial charge on any atom is 0.225 e. The van der Waals surface area contributed by atoms with Crippen molar-refractivity contribution >= 4 is 5.91 Å². The first-order chi connectivity index (χ1) is 10.7. The van der Waals surface area contributed by atoms with E-state index in [-0.39, 0.29) is 11.5 Å². The van der Waals surface area contributed by atoms with Crippen LogP contribution in [0.5, 0.6) is 0 Å². The van der Waals surface area contributed by atoms with Crippen molar-refractivity contribution in [2.75, 3.05) is 20.8 Å². The van der Waals surface area contributed by atoms with Crippen LogP contribution in [0.3, 0.4) is 0 Å². The van der Waals surface area contributed by atoms with E-state index in [2.05, 4.69) is 4.98 Å². The number of carbonyl (C=O) groups excluding carboxylic acids is 1. The molecule has 0 spiro atoms. The Bertz CT molecular complexity index is 549. The van der Waals surface area contributed by atoms with Crippen LogP contribution in [0.15, 0.2) is 12.4 Å². The molecule has 1 saturated carbocycles. The Morgan fingerprint density at radius 1 is 1.36 bits per heavy atom. The maximum atomic E-state index is 12.6. The minimum Gasteiger partial charge on any atom is -0.380 e. The first kappa shape index (κ1) is 15.4. The number of amides is 1. The van der Waals surface area contributed by atoms with E-state index in [9.17, 15) is 4.79 Å². The number of methoxy groups -OCH3 is 2. The fourth-order valence-corrected chi connectivity index (χ4v) is 3.47. The molecule has 0 radical (unpaired) electrons. The highest BCUT2D eigenvalue weighted by Crippen LogP contribution is 2.38. The van der Waals surface area contributed by atoms with Gasteiger partial charge in [-0.15, -0.1) is 0 Å². The summed E-state index contributed by atoms with van der Waals surface area (Å²) in [5.41, 5.74) is 3.38. The smallest absolute Gasteiger partial charge is 0.225 e. The number of ether oxygens (including phenoxy) is 2. The Kier molecular flexibility index (Phi) is 4.45. The largest absolute Gasteiger partial charge is 0.380 e. The van der Waals surface area contributed by atoms with Gasteiger partial charge in [0.25, 0.3) is 0 Å². The highest BCUT2D eigenvalue weighted by molar-refractivity contribution is 5.77. The number of rotatable bonds is 5. The molecule has 0 bridgehead atoms. The summed E-state index contributed by atoms with van der Waals surface area (Å²) in [5.74, 6) is 0.198. The van der Waals surface area contributed by atoms with Crippen molar-refractivity contribution in [1.29, 1.82) is 0 Å². The second-order valence-electron chi connectivity index (χ2n) is 6.35. The quantitative estimate of drug-likeness (QED) is 0.835. The lowest BCUT2D eigenvalue weighted by Crippen LogP contribution is -2.46. The zero-order chi connectivity index (χ0) is 15.6. The van der Waals surface area contributed by atoms with Crippen LogP contribution >= 0.6 is 0 Å². The lowest BCUT2D eigenvalue weighted by atomic mass is 9.77. The Morgan fingerprint density at radius 2 is 2.18 bits per heavy atom. The van der Waals surface area contributed by atoms with Crippen LogP contribution in [0.25, 0.3) is 0 Å². The van der Waals surface area contributed by atoms with Crippen LogP contribution in [-0.2, 0) is 33.8 Å². The van der Waals surface area contributed by atoms with Gasteiger partial charge >= 0.3 is 0 Å². The topological polar surface area (TPSA) is 51.7 Å². The second-order valence-corrected chi connectivity index (χ2v) is 6.35. The van der Waals surface area contributed by atoms with Crippen LogP contribution in [0.2, 0.25) is 0 Å². The summed E-state index contributed by atoms with van der Waals surface area (Å²) in [6.07, 6.45) is 8.29. The van der Waals surface area contributed by atoms with E-state index in [0.29, 0.717) is 19.6 Å². The number of fused-ring (bicyclic) bond motifs is 1. The molecule has 2 heterocycles. The average Bonchev–Trinajstić information content (AvgIpc) is 2.51. The summed E-state index contributed by atoms with van der Waals surface area (Å²) in [6, 6.07) is 0. The Balaban J connectivity index is 1.69. The molecule has 120 valence electrons. The second kappa shape index (κ2) is 6.34. The highest BCUT2D eigenvalue weighted by atomic mass is 16.5. The van der Waals surface area contributed by atoms with Crippen molar-refractivity contribution in [2.24, 2.45) is 0 Å². The van der Waals surface area contributed by atoms with Gasteiger partial charge in [-0.2, -0.15) is 0 Å². The Hall–Kier alpha value is -1.46. The van der Waals surface area contributed by atoms with Crippen LogP contribution in [0.1, 0.15) is 42.4 Å². The van der Waals surface area contributed by atoms with E-state index in [0.717, 1.165) is 43.4 Å². The van der Waals surface area contributed by atoms with Gasteiger partial charge in [0.15, 0.2) is 0 Å². The van der Waals surface area contributed by atoms with Gasteiger partial charge in [0.05, 0.1) is 18.6 Å². The number of hydrogen-bond donors (Lipinski definition) is 0. The normalized spacial score (nSPS) is 19.5. The molecule has 5 heteroatoms. The van der Waals surface area contributed by atoms with Crippen molar-refractivity contribution in [3.05, 3.63) is 29.1 Å². The van der Waals surface area contributed by atoms with E-state index in [1.165, 1.54) is 5.56 Å². The van der Waals surface area contributed by atoms with Gasteiger partial charge < -0.3 is 14.4 Å². The summed E-state index contributed by atoms with van der Waals surface area (Å²) in [4.78, 5) is 18.8. The van der Waals surface area contributed by atoms with E-state index in [4.69, 9.17) is 9.47 Å². The van der Waals surface area contributed by atoms with Crippen molar-refractivity contribution in [1.82, 2.24) is 9.88 Å². The molecule has 0 unspecified atom stereocenters. The third-order valence-electron chi connectivity index (χ3n) is 5.05. The summed E-state index contributed by atoms with van der Waals surface area (Å²) in [5, 5.41) is 0. The third-order valence-corrected chi connectivity index (χ3v) is 5.05. The van der Waals surface area contributed by atoms with Gasteiger partial charge in [-0.25, -0.2) is 0 Å². The molecule has 1 aromatic heterocycles. The zero-order valence-electron chi connectivity index (χ0n) is 13.4. The predicted octanol–water partition coefficient (Wildman–Crippen LogP) is 2.07. The molecule has 0 atom stereocenters. The number of pyridine rings is 1. The van der Waals surface area contributed by atoms with Gasteiger partial charge in [-0.3, -0.25) is 9.78 Å². The van der Waals surface area contributed by atoms with Crippen LogP contribution < -0.4 is 0 Å². The minimum atomic E-state index is -0.201. The average molecular weight is 304 g/mol. The van der Waals surface area contributed by atoms with Crippen LogP contribution in [-0.4, -0.2) is 42.2 Å². The molecule has 1 aliphatic carbocycles. The van der Waals surface area contributed by atoms with Gasteiger partial charge in [-0.05, 0) is 42.4 Å². The van der Waals surface area contributed by atoms with Crippen molar-refractivity contribution in [3.63, 3.8) is 0 Å². The summed E-state index contributed by atoms with van der Waals surface area (Å²) in [7, 11) is 3.42. The summed E-state index contributed by atoms with van der Waals surface area (Å²) in [6.45, 7) is 2.00. The summed E-state index contributed by atoms with van der Waals surface area (Å²) < 4.78 is 10.8. The van der Waals surface area contributed by atoms with Gasteiger partial charge in [-0.1, -0.05) is 0 Å². The standard InChI is InChI=1S/C17H24N2O3/c1-21-12-14-10-18-9-13-11-19(7-4-15(13)14)16(20)8-17(22-2)5-3-6-17/h9-10H,3-8,11-12H2,1-2H3. The lowest BCUT2D eigenvalue weighted by Gasteiger charge is -2.41. The zero-order valence-corrected chi connectivity index (χ0v) is 13.4. The Morgan fingerprint density at radius 3 is 2.82 bits per heavy atom. The van der Waals surface area contributed by atoms with Gasteiger partial charge in [0.2, 0.25) is 5.91 Å². The first-order valence-corrected chi connectivity index (χ1v) is 7.94. The molecule has 0 aromatic carbocycles. The SMILES string of the molecule is COCc1cncc2c1CCN(C(=O)CC1(OC)CCC1)C2. The van der Waals surface area contributed by atoms with E-state index >= 15 is 0 Å². The monoisotopic (exact) mass is 304 g/mol. The number of hydrogen-bond acceptors (Lipinski definition) is 4. The fourth-order valence-electron chi connectivity index (χ4n) is 3.47. The maximum absolute atomic E-state index is 12.6. The van der Waals surface area contributed by atoms with Crippen LogP contribution in [0.4, 0.5) is 0 Å². The molecular weight excluding hydrogens is 280 g/mol. The molecule has 5 nitrogen and oxygen atoms in total. The molecule has 2 aliphatic rings. The highest BCUT2D eigenvalue weighted by Gasteiger charge is 2.40. The molecule has 1 aliphatic heterocycles. The van der Waals surface area contributed by atoms with E-state index in [1.54, 1.807) is 14.2 Å². The van der Waals surface area contributed by atoms with E-state index in [1.807, 2.05) is 17.3 Å². The van der Waals surface area contributed by atoms with Gasteiger partial charge in [0, 0.05) is 39.7 Å².